The first kappa shape index (κ1) is 22.3. The molecule has 1 N–H and O–H groups in total. The fourth-order valence-corrected chi connectivity index (χ4v) is 4.39. The van der Waals surface area contributed by atoms with E-state index in [1.165, 1.54) is 0 Å². The van der Waals surface area contributed by atoms with Gasteiger partial charge in [0, 0.05) is 18.1 Å². The third-order valence-corrected chi connectivity index (χ3v) is 6.12. The second-order valence-corrected chi connectivity index (χ2v) is 8.50. The van der Waals surface area contributed by atoms with Crippen molar-refractivity contribution in [3.63, 3.8) is 0 Å². The van der Waals surface area contributed by atoms with Crippen LogP contribution in [0.3, 0.4) is 0 Å². The maximum absolute atomic E-state index is 12.3. The molecule has 27 heavy (non-hydrogen) atoms. The van der Waals surface area contributed by atoms with Gasteiger partial charge in [0.05, 0.1) is 18.6 Å². The van der Waals surface area contributed by atoms with E-state index >= 15 is 0 Å². The lowest BCUT2D eigenvalue weighted by molar-refractivity contribution is -0.150. The van der Waals surface area contributed by atoms with Gasteiger partial charge in [-0.3, -0.25) is 4.79 Å². The highest BCUT2D eigenvalue weighted by atomic mass is 31.2. The van der Waals surface area contributed by atoms with E-state index < -0.39 is 20.4 Å². The van der Waals surface area contributed by atoms with Gasteiger partial charge < -0.3 is 18.9 Å². The minimum Gasteiger partial charge on any atom is -0.461 e. The van der Waals surface area contributed by atoms with Crippen LogP contribution in [0, 0.1) is 5.92 Å². The van der Waals surface area contributed by atoms with Crippen molar-refractivity contribution in [2.45, 2.75) is 64.9 Å². The molecule has 1 aliphatic rings. The number of carbonyl (C=O) groups is 1. The van der Waals surface area contributed by atoms with E-state index in [1.54, 1.807) is 0 Å². The number of benzene rings is 1. The predicted octanol–water partition coefficient (Wildman–Crippen LogP) is 2.98. The maximum Gasteiger partial charge on any atom is 0.311 e. The molecule has 1 aromatic rings. The Labute approximate surface area is 164 Å². The molecule has 0 bridgehead atoms. The number of nitrogens with zero attached hydrogens (tertiary/aromatic N) is 1. The van der Waals surface area contributed by atoms with E-state index in [0.29, 0.717) is 6.42 Å². The quantitative estimate of drug-likeness (QED) is 0.395. The minimum atomic E-state index is -1.72. The first-order valence-electron chi connectivity index (χ1n) is 9.31. The molecule has 0 spiro atoms. The molecular weight excluding hydrogens is 364 g/mol. The van der Waals surface area contributed by atoms with Gasteiger partial charge in [0.1, 0.15) is 14.5 Å². The second kappa shape index (κ2) is 10.5. The molecule has 1 aliphatic heterocycles. The van der Waals surface area contributed by atoms with Crippen LogP contribution < -0.4 is 0 Å². The van der Waals surface area contributed by atoms with E-state index in [0.717, 1.165) is 5.56 Å². The molecule has 8 heteroatoms. The first-order valence-corrected chi connectivity index (χ1v) is 10.5. The van der Waals surface area contributed by atoms with Gasteiger partial charge >= 0.3 is 5.97 Å². The number of esters is 1. The van der Waals surface area contributed by atoms with Gasteiger partial charge in [-0.25, -0.2) is 4.67 Å². The summed E-state index contributed by atoms with van der Waals surface area (Å²) in [7, 11) is 4.23. The largest absolute Gasteiger partial charge is 0.461 e. The lowest BCUT2D eigenvalue weighted by Crippen LogP contribution is -2.33. The van der Waals surface area contributed by atoms with Crippen LogP contribution in [0.1, 0.15) is 39.7 Å². The molecule has 148 valence electrons. The summed E-state index contributed by atoms with van der Waals surface area (Å²) in [5.74, 6) is -0.898. The maximum atomic E-state index is 12.3. The Morgan fingerprint density at radius 2 is 1.93 bits per heavy atom. The number of carbonyl (C=O) groups excluding carboxylic acids is 1. The summed E-state index contributed by atoms with van der Waals surface area (Å²) in [6, 6.07) is 9.09. The third-order valence-electron chi connectivity index (χ3n) is 4.42. The van der Waals surface area contributed by atoms with Crippen molar-refractivity contribution in [1.82, 2.24) is 4.67 Å². The number of hydrogen-bond donors (Lipinski definition) is 1. The van der Waals surface area contributed by atoms with Crippen LogP contribution in [0.15, 0.2) is 30.3 Å². The van der Waals surface area contributed by atoms with Crippen molar-refractivity contribution in [2.24, 2.45) is 5.92 Å². The molecule has 1 heterocycles. The summed E-state index contributed by atoms with van der Waals surface area (Å²) in [5, 5.41) is 0. The van der Waals surface area contributed by atoms with Crippen molar-refractivity contribution in [2.75, 3.05) is 6.61 Å². The van der Waals surface area contributed by atoms with E-state index in [-0.39, 0.29) is 37.4 Å². The zero-order valence-electron chi connectivity index (χ0n) is 16.4. The highest BCUT2D eigenvalue weighted by Gasteiger charge is 2.38. The molecule has 2 rings (SSSR count). The molecule has 0 aromatic heterocycles. The van der Waals surface area contributed by atoms with E-state index in [4.69, 9.17) is 21.8 Å². The van der Waals surface area contributed by atoms with Gasteiger partial charge in [-0.1, -0.05) is 30.3 Å². The van der Waals surface area contributed by atoms with Crippen LogP contribution >= 0.6 is 8.53 Å². The van der Waals surface area contributed by atoms with Gasteiger partial charge in [-0.05, 0) is 39.7 Å². The monoisotopic (exact) mass is 393 g/mol. The molecule has 0 amide bonds. The summed E-state index contributed by atoms with van der Waals surface area (Å²) in [6.07, 6.45) is 0.0778. The molecular formula is C19H29BNO5P. The van der Waals surface area contributed by atoms with Crippen LogP contribution in [0.2, 0.25) is 0 Å². The standard InChI is InChI=1S/C19H29BNO5P/c1-13(2)21(14(3)4)27(23)25-12-16-10-17(18(20)26-16)19(22)24-11-15-8-6-5-7-9-15/h5-9,13-14,16-18,23H,10-12H2,1-4H3/t16?,17?,18-,27?/m1/s1. The topological polar surface area (TPSA) is 68.2 Å². The third kappa shape index (κ3) is 6.54. The average Bonchev–Trinajstić information content (AvgIpc) is 2.99. The van der Waals surface area contributed by atoms with Crippen LogP contribution in [-0.4, -0.2) is 54.2 Å². The number of ether oxygens (including phenoxy) is 2. The molecule has 1 fully saturated rings. The van der Waals surface area contributed by atoms with Crippen LogP contribution in [-0.2, 0) is 25.4 Å². The molecule has 0 saturated carbocycles. The Morgan fingerprint density at radius 1 is 1.30 bits per heavy atom. The Kier molecular flexibility index (Phi) is 8.71. The van der Waals surface area contributed by atoms with Crippen molar-refractivity contribution < 1.29 is 23.7 Å². The summed E-state index contributed by atoms with van der Waals surface area (Å²) in [5.41, 5.74) is 0.923. The SMILES string of the molecule is [B][C@@H]1OC(COP(O)N(C(C)C)C(C)C)CC1C(=O)OCc1ccccc1. The highest BCUT2D eigenvalue weighted by Crippen LogP contribution is 2.41. The van der Waals surface area contributed by atoms with Gasteiger partial charge in [0.2, 0.25) is 0 Å². The van der Waals surface area contributed by atoms with Crippen LogP contribution in [0.25, 0.3) is 0 Å². The van der Waals surface area contributed by atoms with Gasteiger partial charge in [-0.15, -0.1) is 0 Å². The zero-order chi connectivity index (χ0) is 20.0. The molecule has 0 aliphatic carbocycles. The van der Waals surface area contributed by atoms with Crippen LogP contribution in [0.5, 0.6) is 0 Å². The Hall–Kier alpha value is -0.975. The Morgan fingerprint density at radius 3 is 2.52 bits per heavy atom. The molecule has 3 unspecified atom stereocenters. The van der Waals surface area contributed by atoms with E-state index in [9.17, 15) is 9.69 Å². The Bertz CT molecular complexity index is 581. The highest BCUT2D eigenvalue weighted by molar-refractivity contribution is 7.43. The smallest absolute Gasteiger partial charge is 0.311 e. The van der Waals surface area contributed by atoms with Gasteiger partial charge in [0.15, 0.2) is 0 Å². The zero-order valence-corrected chi connectivity index (χ0v) is 17.3. The first-order chi connectivity index (χ1) is 12.8. The normalized spacial score (nSPS) is 23.9. The van der Waals surface area contributed by atoms with Crippen LogP contribution in [0.4, 0.5) is 0 Å². The Balaban J connectivity index is 1.80. The summed E-state index contributed by atoms with van der Waals surface area (Å²) < 4.78 is 18.5. The van der Waals surface area contributed by atoms with Gasteiger partial charge in [-0.2, -0.15) is 0 Å². The lowest BCUT2D eigenvalue weighted by atomic mass is 9.86. The minimum absolute atomic E-state index is 0.161. The summed E-state index contributed by atoms with van der Waals surface area (Å²) in [6.45, 7) is 8.44. The predicted molar refractivity (Wildman–Crippen MR) is 106 cm³/mol. The van der Waals surface area contributed by atoms with Crippen molar-refractivity contribution in [3.8, 4) is 0 Å². The van der Waals surface area contributed by atoms with E-state index in [2.05, 4.69) is 0 Å². The molecule has 1 aromatic carbocycles. The summed E-state index contributed by atoms with van der Waals surface area (Å²) >= 11 is 0. The van der Waals surface area contributed by atoms with E-state index in [1.807, 2.05) is 62.7 Å². The molecule has 4 atom stereocenters. The molecule has 2 radical (unpaired) electrons. The van der Waals surface area contributed by atoms with Crippen molar-refractivity contribution in [3.05, 3.63) is 35.9 Å². The second-order valence-electron chi connectivity index (χ2n) is 7.27. The number of rotatable bonds is 9. The average molecular weight is 393 g/mol. The molecule has 1 saturated heterocycles. The summed E-state index contributed by atoms with van der Waals surface area (Å²) in [4.78, 5) is 22.7. The van der Waals surface area contributed by atoms with Gasteiger partial charge in [0.25, 0.3) is 8.53 Å². The lowest BCUT2D eigenvalue weighted by Gasteiger charge is -2.33. The molecule has 6 nitrogen and oxygen atoms in total. The fourth-order valence-electron chi connectivity index (χ4n) is 3.17. The fraction of sp³-hybridized carbons (Fsp3) is 0.632. The van der Waals surface area contributed by atoms with Crippen molar-refractivity contribution in [1.29, 1.82) is 0 Å². The number of hydrogen-bond acceptors (Lipinski definition) is 6. The van der Waals surface area contributed by atoms with Crippen molar-refractivity contribution >= 4 is 22.3 Å².